The molecule has 0 radical (unpaired) electrons. The second kappa shape index (κ2) is 13.3. The van der Waals surface area contributed by atoms with Gasteiger partial charge in [-0.15, -0.1) is 11.3 Å². The molecule has 0 unspecified atom stereocenters. The van der Waals surface area contributed by atoms with Crippen LogP contribution in [0.15, 0.2) is 186 Å². The van der Waals surface area contributed by atoms with Crippen LogP contribution in [0.1, 0.15) is 25.0 Å². The molecule has 0 saturated heterocycles. The lowest BCUT2D eigenvalue weighted by atomic mass is 9.82. The SMILES string of the molecule is CC1(C)c2ccccc2-c2ccc(N(c3ccc4c(c3)sc3ccccc34)c3cccc4c3oc3cc(-c5nc(-c6ccccc6)nc(-c6ccccc6)n5)ccc34)cc21. The lowest BCUT2D eigenvalue weighted by molar-refractivity contribution is 0.660. The fourth-order valence-electron chi connectivity index (χ4n) is 9.15. The Balaban J connectivity index is 1.04. The van der Waals surface area contributed by atoms with Crippen LogP contribution in [0.3, 0.4) is 0 Å². The predicted molar refractivity (Wildman–Crippen MR) is 249 cm³/mol. The topological polar surface area (TPSA) is 55.1 Å². The molecule has 6 heteroatoms. The Morgan fingerprint density at radius 1 is 0.450 bits per heavy atom. The quantitative estimate of drug-likeness (QED) is 0.168. The summed E-state index contributed by atoms with van der Waals surface area (Å²) in [6, 6.07) is 64.2. The van der Waals surface area contributed by atoms with Gasteiger partial charge in [0, 0.05) is 64.4 Å². The van der Waals surface area contributed by atoms with E-state index in [9.17, 15) is 0 Å². The van der Waals surface area contributed by atoms with E-state index < -0.39 is 0 Å². The van der Waals surface area contributed by atoms with Crippen LogP contribution in [0, 0.1) is 0 Å². The second-order valence-electron chi connectivity index (χ2n) is 16.0. The number of benzene rings is 8. The van der Waals surface area contributed by atoms with Crippen LogP contribution >= 0.6 is 11.3 Å². The lowest BCUT2D eigenvalue weighted by Gasteiger charge is -2.28. The molecule has 0 amide bonds. The fourth-order valence-corrected chi connectivity index (χ4v) is 10.3. The van der Waals surface area contributed by atoms with Crippen molar-refractivity contribution >= 4 is 70.5 Å². The minimum Gasteiger partial charge on any atom is -0.454 e. The maximum atomic E-state index is 7.01. The molecule has 0 bridgehead atoms. The van der Waals surface area contributed by atoms with Crippen molar-refractivity contribution in [1.29, 1.82) is 0 Å². The number of hydrogen-bond acceptors (Lipinski definition) is 6. The molecule has 0 N–H and O–H groups in total. The zero-order valence-electron chi connectivity index (χ0n) is 32.9. The van der Waals surface area contributed by atoms with E-state index in [2.05, 4.69) is 140 Å². The van der Waals surface area contributed by atoms with Gasteiger partial charge in [-0.3, -0.25) is 0 Å². The zero-order chi connectivity index (χ0) is 40.0. The molecule has 284 valence electrons. The van der Waals surface area contributed by atoms with Gasteiger partial charge in [0.2, 0.25) is 0 Å². The third kappa shape index (κ3) is 5.41. The van der Waals surface area contributed by atoms with Crippen molar-refractivity contribution in [3.63, 3.8) is 0 Å². The third-order valence-electron chi connectivity index (χ3n) is 12.1. The summed E-state index contributed by atoms with van der Waals surface area (Å²) < 4.78 is 9.54. The summed E-state index contributed by atoms with van der Waals surface area (Å²) in [6.45, 7) is 4.68. The first-order valence-corrected chi connectivity index (χ1v) is 21.1. The Labute approximate surface area is 350 Å². The Morgan fingerprint density at radius 2 is 1.05 bits per heavy atom. The van der Waals surface area contributed by atoms with Crippen molar-refractivity contribution in [1.82, 2.24) is 15.0 Å². The van der Waals surface area contributed by atoms with Crippen LogP contribution < -0.4 is 4.90 Å². The number of anilines is 3. The molecule has 1 aliphatic rings. The van der Waals surface area contributed by atoms with Gasteiger partial charge < -0.3 is 9.32 Å². The Kier molecular flexibility index (Phi) is 7.68. The molecule has 0 spiro atoms. The van der Waals surface area contributed by atoms with E-state index in [1.165, 1.54) is 42.4 Å². The maximum absolute atomic E-state index is 7.01. The predicted octanol–water partition coefficient (Wildman–Crippen LogP) is 14.9. The average molecular weight is 789 g/mol. The molecule has 0 atom stereocenters. The maximum Gasteiger partial charge on any atom is 0.164 e. The smallest absolute Gasteiger partial charge is 0.164 e. The number of para-hydroxylation sites is 1. The highest BCUT2D eigenvalue weighted by molar-refractivity contribution is 7.25. The van der Waals surface area contributed by atoms with E-state index in [-0.39, 0.29) is 5.41 Å². The fraction of sp³-hybridized carbons (Fsp3) is 0.0556. The zero-order valence-corrected chi connectivity index (χ0v) is 33.7. The van der Waals surface area contributed by atoms with Gasteiger partial charge in [0.1, 0.15) is 5.58 Å². The molecule has 5 nitrogen and oxygen atoms in total. The van der Waals surface area contributed by atoms with E-state index in [4.69, 9.17) is 19.4 Å². The number of hydrogen-bond donors (Lipinski definition) is 0. The Bertz CT molecular complexity index is 3420. The first-order valence-electron chi connectivity index (χ1n) is 20.3. The molecular formula is C54H36N4OS. The van der Waals surface area contributed by atoms with E-state index in [1.807, 2.05) is 72.0 Å². The molecule has 12 rings (SSSR count). The number of aromatic nitrogens is 3. The summed E-state index contributed by atoms with van der Waals surface area (Å²) in [6.07, 6.45) is 0. The highest BCUT2D eigenvalue weighted by atomic mass is 32.1. The molecular weight excluding hydrogens is 753 g/mol. The van der Waals surface area contributed by atoms with Gasteiger partial charge in [0.15, 0.2) is 23.1 Å². The van der Waals surface area contributed by atoms with Crippen LogP contribution in [-0.4, -0.2) is 15.0 Å². The highest BCUT2D eigenvalue weighted by Crippen LogP contribution is 2.52. The average Bonchev–Trinajstić information content (AvgIpc) is 3.94. The van der Waals surface area contributed by atoms with Crippen LogP contribution in [0.4, 0.5) is 17.1 Å². The molecule has 3 aromatic heterocycles. The molecule has 11 aromatic rings. The molecule has 0 fully saturated rings. The summed E-state index contributed by atoms with van der Waals surface area (Å²) in [5.41, 5.74) is 12.5. The van der Waals surface area contributed by atoms with Gasteiger partial charge >= 0.3 is 0 Å². The van der Waals surface area contributed by atoms with Crippen molar-refractivity contribution in [3.05, 3.63) is 193 Å². The van der Waals surface area contributed by atoms with Crippen molar-refractivity contribution < 1.29 is 4.42 Å². The molecule has 60 heavy (non-hydrogen) atoms. The summed E-state index contributed by atoms with van der Waals surface area (Å²) in [7, 11) is 0. The number of thiophene rings is 1. The Morgan fingerprint density at radius 3 is 1.83 bits per heavy atom. The second-order valence-corrected chi connectivity index (χ2v) is 17.1. The van der Waals surface area contributed by atoms with Gasteiger partial charge in [-0.1, -0.05) is 147 Å². The summed E-state index contributed by atoms with van der Waals surface area (Å²) >= 11 is 1.83. The van der Waals surface area contributed by atoms with E-state index in [0.29, 0.717) is 17.5 Å². The van der Waals surface area contributed by atoms with Gasteiger partial charge in [-0.05, 0) is 70.8 Å². The standard InChI is InChI=1S/C54H36N4OS/c1-54(2)44-21-11-9-18-38(44)39-28-25-36(31-45(39)54)58(37-26-29-42-41-19-10-12-23-48(41)60-49(42)32-37)46-22-13-20-43-40-27-24-35(30-47(40)59-50(43)46)53-56-51(33-14-5-3-6-15-33)55-52(57-53)34-16-7-4-8-17-34/h3-32H,1-2H3. The molecule has 1 aliphatic carbocycles. The van der Waals surface area contributed by atoms with Crippen LogP contribution in [0.2, 0.25) is 0 Å². The highest BCUT2D eigenvalue weighted by Gasteiger charge is 2.36. The molecule has 0 aliphatic heterocycles. The van der Waals surface area contributed by atoms with Crippen molar-refractivity contribution in [2.24, 2.45) is 0 Å². The minimum absolute atomic E-state index is 0.152. The van der Waals surface area contributed by atoms with Crippen molar-refractivity contribution in [2.75, 3.05) is 4.90 Å². The van der Waals surface area contributed by atoms with E-state index in [1.54, 1.807) is 0 Å². The normalized spacial score (nSPS) is 13.0. The molecule has 0 saturated carbocycles. The minimum atomic E-state index is -0.152. The van der Waals surface area contributed by atoms with Crippen molar-refractivity contribution in [3.8, 4) is 45.3 Å². The lowest BCUT2D eigenvalue weighted by Crippen LogP contribution is -2.16. The van der Waals surface area contributed by atoms with E-state index >= 15 is 0 Å². The van der Waals surface area contributed by atoms with Gasteiger partial charge in [-0.2, -0.15) is 0 Å². The molecule has 3 heterocycles. The summed E-state index contributed by atoms with van der Waals surface area (Å²) in [5.74, 6) is 1.84. The summed E-state index contributed by atoms with van der Waals surface area (Å²) in [5, 5.41) is 4.62. The molecule has 8 aromatic carbocycles. The van der Waals surface area contributed by atoms with Gasteiger partial charge in [0.25, 0.3) is 0 Å². The third-order valence-corrected chi connectivity index (χ3v) is 13.3. The van der Waals surface area contributed by atoms with Crippen LogP contribution in [0.5, 0.6) is 0 Å². The van der Waals surface area contributed by atoms with Crippen LogP contribution in [0.25, 0.3) is 87.4 Å². The van der Waals surface area contributed by atoms with Crippen LogP contribution in [-0.2, 0) is 5.41 Å². The number of furan rings is 1. The monoisotopic (exact) mass is 788 g/mol. The van der Waals surface area contributed by atoms with Gasteiger partial charge in [0.05, 0.1) is 5.69 Å². The first kappa shape index (κ1) is 34.6. The number of fused-ring (bicyclic) bond motifs is 9. The number of rotatable bonds is 6. The number of nitrogens with zero attached hydrogens (tertiary/aromatic N) is 4. The first-order chi connectivity index (χ1) is 29.5. The van der Waals surface area contributed by atoms with Crippen molar-refractivity contribution in [2.45, 2.75) is 19.3 Å². The van der Waals surface area contributed by atoms with E-state index in [0.717, 1.165) is 55.7 Å². The Hall–Kier alpha value is -7.41. The summed E-state index contributed by atoms with van der Waals surface area (Å²) in [4.78, 5) is 17.3. The largest absolute Gasteiger partial charge is 0.454 e. The van der Waals surface area contributed by atoms with Gasteiger partial charge in [-0.25, -0.2) is 15.0 Å².